The molecule has 2 aromatic heterocycles. The van der Waals surface area contributed by atoms with Crippen LogP contribution >= 0.6 is 26.0 Å². The molecule has 0 saturated carbocycles. The number of nitrogens with zero attached hydrogens (tertiary/aromatic N) is 2. The summed E-state index contributed by atoms with van der Waals surface area (Å²) in [6.07, 6.45) is 6.94. The molecule has 0 unspecified atom stereocenters. The van der Waals surface area contributed by atoms with E-state index in [4.69, 9.17) is 14.2 Å². The number of aromatic nitrogens is 2. The molecule has 0 aromatic carbocycles. The van der Waals surface area contributed by atoms with Gasteiger partial charge < -0.3 is 18.8 Å². The Morgan fingerprint density at radius 3 is 2.62 bits per heavy atom. The largest absolute Gasteiger partial charge is 0.360 e. The van der Waals surface area contributed by atoms with Crippen LogP contribution in [0.25, 0.3) is 11.0 Å². The van der Waals surface area contributed by atoms with Gasteiger partial charge in [0.1, 0.15) is 11.3 Å². The van der Waals surface area contributed by atoms with Crippen LogP contribution in [0.5, 0.6) is 0 Å². The van der Waals surface area contributed by atoms with E-state index in [1.807, 2.05) is 19.9 Å². The number of fused-ring (bicyclic) bond motifs is 1. The Morgan fingerprint density at radius 1 is 1.27 bits per heavy atom. The summed E-state index contributed by atoms with van der Waals surface area (Å²) in [5.41, 5.74) is 3.20. The van der Waals surface area contributed by atoms with Crippen LogP contribution in [-0.4, -0.2) is 59.7 Å². The summed E-state index contributed by atoms with van der Waals surface area (Å²) in [5, 5.41) is 0. The average Bonchev–Trinajstić information content (AvgIpc) is 2.88. The van der Waals surface area contributed by atoms with Crippen LogP contribution in [0.2, 0.25) is 0 Å². The van der Waals surface area contributed by atoms with Gasteiger partial charge >= 0.3 is 0 Å². The minimum Gasteiger partial charge on any atom is -0.360 e. The van der Waals surface area contributed by atoms with Gasteiger partial charge in [-0.1, -0.05) is 0 Å². The maximum absolute atomic E-state index is 6.03. The summed E-state index contributed by atoms with van der Waals surface area (Å²) < 4.78 is 20.8. The van der Waals surface area contributed by atoms with Gasteiger partial charge in [0, 0.05) is 17.4 Å². The highest BCUT2D eigenvalue weighted by molar-refractivity contribution is 9.10. The van der Waals surface area contributed by atoms with Crippen molar-refractivity contribution in [3.05, 3.63) is 28.5 Å². The van der Waals surface area contributed by atoms with Crippen LogP contribution in [-0.2, 0) is 20.9 Å². The maximum Gasteiger partial charge on any atom is 0.162 e. The van der Waals surface area contributed by atoms with Crippen LogP contribution in [0, 0.1) is 0 Å². The van der Waals surface area contributed by atoms with E-state index in [1.54, 1.807) is 0 Å². The zero-order valence-electron chi connectivity index (χ0n) is 16.3. The molecule has 1 saturated heterocycles. The Hall–Kier alpha value is -0.600. The van der Waals surface area contributed by atoms with Gasteiger partial charge in [0.15, 0.2) is 5.79 Å². The molecule has 1 fully saturated rings. The molecule has 2 aromatic rings. The first kappa shape index (κ1) is 20.1. The fourth-order valence-electron chi connectivity index (χ4n) is 2.94. The lowest BCUT2D eigenvalue weighted by Gasteiger charge is -2.35. The van der Waals surface area contributed by atoms with E-state index in [2.05, 4.69) is 56.4 Å². The first-order valence-electron chi connectivity index (χ1n) is 8.82. The van der Waals surface area contributed by atoms with Gasteiger partial charge in [0.2, 0.25) is 0 Å². The Balaban J connectivity index is 1.82. The molecule has 5 nitrogen and oxygen atoms in total. The van der Waals surface area contributed by atoms with Crippen molar-refractivity contribution in [3.8, 4) is 0 Å². The number of hydrogen-bond acceptors (Lipinski definition) is 4. The lowest BCUT2D eigenvalue weighted by molar-refractivity contribution is -0.251. The van der Waals surface area contributed by atoms with Gasteiger partial charge in [-0.25, -0.2) is 15.0 Å². The van der Waals surface area contributed by atoms with Crippen molar-refractivity contribution in [2.75, 3.05) is 44.3 Å². The second-order valence-corrected chi connectivity index (χ2v) is 13.5. The van der Waals surface area contributed by atoms with Gasteiger partial charge in [-0.05, 0) is 66.7 Å². The predicted octanol–water partition coefficient (Wildman–Crippen LogP) is 4.33. The Morgan fingerprint density at radius 2 is 1.96 bits per heavy atom. The number of ether oxygens (including phenoxy) is 3. The van der Waals surface area contributed by atoms with Gasteiger partial charge in [-0.3, -0.25) is 0 Å². The van der Waals surface area contributed by atoms with Crippen molar-refractivity contribution < 1.29 is 14.2 Å². The average molecular weight is 445 g/mol. The van der Waals surface area contributed by atoms with Crippen molar-refractivity contribution in [1.82, 2.24) is 9.55 Å². The second-order valence-electron chi connectivity index (χ2n) is 8.09. The van der Waals surface area contributed by atoms with Gasteiger partial charge in [-0.15, -0.1) is 0 Å². The van der Waals surface area contributed by atoms with Crippen molar-refractivity contribution in [2.45, 2.75) is 32.3 Å². The highest BCUT2D eigenvalue weighted by Crippen LogP contribution is 2.34. The van der Waals surface area contributed by atoms with Crippen LogP contribution < -0.4 is 0 Å². The lowest BCUT2D eigenvalue weighted by atomic mass is 10.1. The minimum absolute atomic E-state index is 0.174. The third-order valence-electron chi connectivity index (χ3n) is 4.50. The molecule has 1 aliphatic heterocycles. The molecule has 3 heterocycles. The van der Waals surface area contributed by atoms with Crippen LogP contribution in [0.1, 0.15) is 25.5 Å². The molecule has 146 valence electrons. The van der Waals surface area contributed by atoms with Crippen molar-refractivity contribution in [2.24, 2.45) is 0 Å². The molecule has 0 N–H and O–H groups in total. The SMILES string of the molecule is CC1(C)OCC(c2cc3nc(Br)ccc3n2COCCS(C)(C)C)CO1. The normalized spacial score (nSPS) is 19.2. The van der Waals surface area contributed by atoms with E-state index >= 15 is 0 Å². The summed E-state index contributed by atoms with van der Waals surface area (Å²) in [6, 6.07) is 6.19. The molecule has 0 atom stereocenters. The van der Waals surface area contributed by atoms with Crippen molar-refractivity contribution in [1.29, 1.82) is 0 Å². The van der Waals surface area contributed by atoms with E-state index < -0.39 is 15.8 Å². The molecule has 3 rings (SSSR count). The summed E-state index contributed by atoms with van der Waals surface area (Å²) in [4.78, 5) is 4.61. The first-order valence-corrected chi connectivity index (χ1v) is 12.6. The number of halogens is 1. The summed E-state index contributed by atoms with van der Waals surface area (Å²) >= 11 is 3.46. The maximum atomic E-state index is 6.03. The second kappa shape index (κ2) is 7.80. The van der Waals surface area contributed by atoms with Crippen LogP contribution in [0.15, 0.2) is 22.8 Å². The smallest absolute Gasteiger partial charge is 0.162 e. The molecular formula is C19H29BrN2O3S. The van der Waals surface area contributed by atoms with Crippen molar-refractivity contribution in [3.63, 3.8) is 0 Å². The fourth-order valence-corrected chi connectivity index (χ4v) is 3.89. The predicted molar refractivity (Wildman–Crippen MR) is 112 cm³/mol. The first-order chi connectivity index (χ1) is 12.1. The van der Waals surface area contributed by atoms with Gasteiger partial charge in [-0.2, -0.15) is 0 Å². The lowest BCUT2D eigenvalue weighted by Crippen LogP contribution is -2.38. The molecule has 0 aliphatic carbocycles. The number of hydrogen-bond donors (Lipinski definition) is 0. The number of rotatable bonds is 6. The fraction of sp³-hybridized carbons (Fsp3) is 0.632. The van der Waals surface area contributed by atoms with Crippen LogP contribution in [0.4, 0.5) is 0 Å². The Kier molecular flexibility index (Phi) is 6.04. The van der Waals surface area contributed by atoms with Gasteiger partial charge in [0.05, 0.1) is 30.9 Å². The standard InChI is InChI=1S/C19H29BrN2O3S/c1-19(2)24-11-14(12-25-19)17-10-15-16(6-7-18(20)21-15)22(17)13-23-8-9-26(3,4)5/h6-7,10,14H,8-9,11-13H2,1-5H3. The Bertz CT molecular complexity index is 760. The highest BCUT2D eigenvalue weighted by atomic mass is 79.9. The molecule has 7 heteroatoms. The third kappa shape index (κ3) is 5.01. The molecule has 0 amide bonds. The summed E-state index contributed by atoms with van der Waals surface area (Å²) in [6.45, 7) is 6.47. The molecule has 1 aliphatic rings. The molecular weight excluding hydrogens is 416 g/mol. The van der Waals surface area contributed by atoms with E-state index in [-0.39, 0.29) is 5.92 Å². The van der Waals surface area contributed by atoms with E-state index in [1.165, 1.54) is 0 Å². The monoisotopic (exact) mass is 444 g/mol. The Labute approximate surface area is 165 Å². The minimum atomic E-state index is -0.550. The van der Waals surface area contributed by atoms with E-state index in [9.17, 15) is 0 Å². The van der Waals surface area contributed by atoms with Crippen LogP contribution in [0.3, 0.4) is 0 Å². The molecule has 0 bridgehead atoms. The van der Waals surface area contributed by atoms with E-state index in [0.29, 0.717) is 19.9 Å². The highest BCUT2D eigenvalue weighted by Gasteiger charge is 2.31. The van der Waals surface area contributed by atoms with Gasteiger partial charge in [0.25, 0.3) is 0 Å². The molecule has 0 radical (unpaired) electrons. The van der Waals surface area contributed by atoms with Crippen molar-refractivity contribution >= 4 is 37.0 Å². The molecule has 26 heavy (non-hydrogen) atoms. The topological polar surface area (TPSA) is 45.5 Å². The summed E-state index contributed by atoms with van der Waals surface area (Å²) in [5.74, 6) is 0.767. The quantitative estimate of drug-likeness (QED) is 0.491. The zero-order chi connectivity index (χ0) is 18.9. The number of pyridine rings is 1. The zero-order valence-corrected chi connectivity index (χ0v) is 18.7. The third-order valence-corrected chi connectivity index (χ3v) is 6.33. The molecule has 0 spiro atoms. The summed E-state index contributed by atoms with van der Waals surface area (Å²) in [7, 11) is -0.550. The van der Waals surface area contributed by atoms with E-state index in [0.717, 1.165) is 33.7 Å².